The lowest BCUT2D eigenvalue weighted by Crippen LogP contribution is -2.19. The van der Waals surface area contributed by atoms with Crippen LogP contribution in [0.4, 0.5) is 13.2 Å². The van der Waals surface area contributed by atoms with E-state index in [1.807, 2.05) is 0 Å². The maximum atomic E-state index is 12.0. The standard InChI is InChI=1S/C14H20F3NO3/c1-19-10-4-5-13(20-2)11(8-10)12(18)9-21-7-3-6-14(15,16)17/h4-5,8,12H,3,6-7,9,18H2,1-2H3. The normalized spacial score (nSPS) is 13.0. The van der Waals surface area contributed by atoms with Crippen molar-refractivity contribution >= 4 is 0 Å². The Bertz CT molecular complexity index is 438. The van der Waals surface area contributed by atoms with E-state index in [0.29, 0.717) is 17.1 Å². The van der Waals surface area contributed by atoms with Crippen LogP contribution in [0.2, 0.25) is 0 Å². The van der Waals surface area contributed by atoms with Gasteiger partial charge in [-0.25, -0.2) is 0 Å². The third-order valence-electron chi connectivity index (χ3n) is 2.88. The van der Waals surface area contributed by atoms with E-state index in [9.17, 15) is 13.2 Å². The van der Waals surface area contributed by atoms with Crippen LogP contribution >= 0.6 is 0 Å². The van der Waals surface area contributed by atoms with Gasteiger partial charge in [-0.2, -0.15) is 13.2 Å². The van der Waals surface area contributed by atoms with Gasteiger partial charge in [0.25, 0.3) is 0 Å². The van der Waals surface area contributed by atoms with Crippen LogP contribution < -0.4 is 15.2 Å². The van der Waals surface area contributed by atoms with Crippen LogP contribution in [-0.2, 0) is 4.74 Å². The Morgan fingerprint density at radius 1 is 1.19 bits per heavy atom. The van der Waals surface area contributed by atoms with E-state index in [1.54, 1.807) is 18.2 Å². The van der Waals surface area contributed by atoms with Gasteiger partial charge in [0.05, 0.1) is 26.9 Å². The van der Waals surface area contributed by atoms with Crippen LogP contribution in [0, 0.1) is 0 Å². The monoisotopic (exact) mass is 307 g/mol. The molecule has 0 fully saturated rings. The van der Waals surface area contributed by atoms with E-state index in [0.717, 1.165) is 0 Å². The Morgan fingerprint density at radius 3 is 2.48 bits per heavy atom. The third kappa shape index (κ3) is 6.22. The molecule has 4 nitrogen and oxygen atoms in total. The molecule has 0 aliphatic carbocycles. The van der Waals surface area contributed by atoms with Crippen molar-refractivity contribution in [2.75, 3.05) is 27.4 Å². The summed E-state index contributed by atoms with van der Waals surface area (Å²) in [6.45, 7) is 0.126. The molecule has 2 N–H and O–H groups in total. The highest BCUT2D eigenvalue weighted by Crippen LogP contribution is 2.28. The summed E-state index contributed by atoms with van der Waals surface area (Å²) in [5.41, 5.74) is 6.67. The Balaban J connectivity index is 2.49. The van der Waals surface area contributed by atoms with Crippen molar-refractivity contribution in [2.45, 2.75) is 25.1 Å². The number of rotatable bonds is 8. The Hall–Kier alpha value is -1.47. The summed E-state index contributed by atoms with van der Waals surface area (Å²) in [6.07, 6.45) is -5.09. The third-order valence-corrected chi connectivity index (χ3v) is 2.88. The van der Waals surface area contributed by atoms with Gasteiger partial charge < -0.3 is 19.9 Å². The smallest absolute Gasteiger partial charge is 0.389 e. The molecule has 0 amide bonds. The van der Waals surface area contributed by atoms with Gasteiger partial charge in [-0.05, 0) is 24.6 Å². The average molecular weight is 307 g/mol. The van der Waals surface area contributed by atoms with Crippen molar-refractivity contribution in [3.63, 3.8) is 0 Å². The number of hydrogen-bond acceptors (Lipinski definition) is 4. The summed E-state index contributed by atoms with van der Waals surface area (Å²) in [5.74, 6) is 1.21. The number of hydrogen-bond donors (Lipinski definition) is 1. The second-order valence-electron chi connectivity index (χ2n) is 4.51. The molecule has 120 valence electrons. The lowest BCUT2D eigenvalue weighted by atomic mass is 10.1. The zero-order chi connectivity index (χ0) is 15.9. The Kier molecular flexibility index (Phi) is 6.77. The highest BCUT2D eigenvalue weighted by atomic mass is 19.4. The minimum Gasteiger partial charge on any atom is -0.497 e. The molecule has 1 unspecified atom stereocenters. The molecular weight excluding hydrogens is 287 g/mol. The van der Waals surface area contributed by atoms with Gasteiger partial charge in [-0.3, -0.25) is 0 Å². The quantitative estimate of drug-likeness (QED) is 0.750. The predicted octanol–water partition coefficient (Wildman–Crippen LogP) is 3.06. The first-order chi connectivity index (χ1) is 9.87. The van der Waals surface area contributed by atoms with Crippen molar-refractivity contribution in [3.05, 3.63) is 23.8 Å². The summed E-state index contributed by atoms with van der Waals surface area (Å²) in [4.78, 5) is 0. The molecule has 21 heavy (non-hydrogen) atoms. The molecule has 1 atom stereocenters. The van der Waals surface area contributed by atoms with Gasteiger partial charge in [0, 0.05) is 18.6 Å². The van der Waals surface area contributed by atoms with Gasteiger partial charge in [0.2, 0.25) is 0 Å². The topological polar surface area (TPSA) is 53.7 Å². The summed E-state index contributed by atoms with van der Waals surface area (Å²) in [6, 6.07) is 4.68. The molecule has 0 spiro atoms. The van der Waals surface area contributed by atoms with Crippen LogP contribution in [0.1, 0.15) is 24.4 Å². The lowest BCUT2D eigenvalue weighted by Gasteiger charge is -2.17. The van der Waals surface area contributed by atoms with E-state index < -0.39 is 18.6 Å². The largest absolute Gasteiger partial charge is 0.497 e. The number of methoxy groups -OCH3 is 2. The number of nitrogens with two attached hydrogens (primary N) is 1. The minimum absolute atomic E-state index is 0.0134. The molecule has 1 aromatic rings. The average Bonchev–Trinajstić information content (AvgIpc) is 2.44. The molecule has 1 rings (SSSR count). The predicted molar refractivity (Wildman–Crippen MR) is 72.6 cm³/mol. The number of alkyl halides is 3. The van der Waals surface area contributed by atoms with E-state index in [-0.39, 0.29) is 19.6 Å². The number of benzene rings is 1. The van der Waals surface area contributed by atoms with E-state index >= 15 is 0 Å². The maximum Gasteiger partial charge on any atom is 0.389 e. The number of ether oxygens (including phenoxy) is 3. The lowest BCUT2D eigenvalue weighted by molar-refractivity contribution is -0.137. The molecule has 0 bridgehead atoms. The second kappa shape index (κ2) is 8.09. The molecule has 0 aromatic heterocycles. The van der Waals surface area contributed by atoms with Crippen LogP contribution in [0.5, 0.6) is 11.5 Å². The van der Waals surface area contributed by atoms with Gasteiger partial charge in [-0.15, -0.1) is 0 Å². The van der Waals surface area contributed by atoms with Gasteiger partial charge in [-0.1, -0.05) is 0 Å². The molecule has 7 heteroatoms. The fourth-order valence-electron chi connectivity index (χ4n) is 1.80. The minimum atomic E-state index is -4.15. The molecule has 0 saturated heterocycles. The Labute approximate surface area is 122 Å². The van der Waals surface area contributed by atoms with Crippen molar-refractivity contribution < 1.29 is 27.4 Å². The molecule has 0 aliphatic heterocycles. The second-order valence-corrected chi connectivity index (χ2v) is 4.51. The SMILES string of the molecule is COc1ccc(OC)c(C(N)COCCCC(F)(F)F)c1. The molecule has 0 radical (unpaired) electrons. The highest BCUT2D eigenvalue weighted by molar-refractivity contribution is 5.42. The molecule has 0 saturated carbocycles. The van der Waals surface area contributed by atoms with Crippen molar-refractivity contribution in [1.29, 1.82) is 0 Å². The summed E-state index contributed by atoms with van der Waals surface area (Å²) < 4.78 is 51.4. The van der Waals surface area contributed by atoms with Crippen LogP contribution in [-0.4, -0.2) is 33.6 Å². The van der Waals surface area contributed by atoms with Crippen LogP contribution in [0.3, 0.4) is 0 Å². The summed E-state index contributed by atoms with van der Waals surface area (Å²) in [7, 11) is 3.05. The summed E-state index contributed by atoms with van der Waals surface area (Å²) in [5, 5.41) is 0. The zero-order valence-electron chi connectivity index (χ0n) is 12.1. The van der Waals surface area contributed by atoms with Crippen LogP contribution in [0.15, 0.2) is 18.2 Å². The van der Waals surface area contributed by atoms with Crippen molar-refractivity contribution in [1.82, 2.24) is 0 Å². The van der Waals surface area contributed by atoms with Gasteiger partial charge >= 0.3 is 6.18 Å². The zero-order valence-corrected chi connectivity index (χ0v) is 12.1. The first-order valence-corrected chi connectivity index (χ1v) is 6.49. The molecule has 1 aromatic carbocycles. The number of halogens is 3. The van der Waals surface area contributed by atoms with Crippen molar-refractivity contribution in [3.8, 4) is 11.5 Å². The molecule has 0 aliphatic rings. The molecular formula is C14H20F3NO3. The fourth-order valence-corrected chi connectivity index (χ4v) is 1.80. The summed E-state index contributed by atoms with van der Waals surface area (Å²) >= 11 is 0. The maximum absolute atomic E-state index is 12.0. The van der Waals surface area contributed by atoms with Crippen molar-refractivity contribution in [2.24, 2.45) is 5.73 Å². The van der Waals surface area contributed by atoms with Gasteiger partial charge in [0.15, 0.2) is 0 Å². The van der Waals surface area contributed by atoms with E-state index in [1.165, 1.54) is 14.2 Å². The van der Waals surface area contributed by atoms with E-state index in [2.05, 4.69) is 0 Å². The molecule has 0 heterocycles. The Morgan fingerprint density at radius 2 is 1.90 bits per heavy atom. The van der Waals surface area contributed by atoms with E-state index in [4.69, 9.17) is 19.9 Å². The van der Waals surface area contributed by atoms with Gasteiger partial charge in [0.1, 0.15) is 11.5 Å². The first-order valence-electron chi connectivity index (χ1n) is 6.49. The van der Waals surface area contributed by atoms with Crippen LogP contribution in [0.25, 0.3) is 0 Å². The fraction of sp³-hybridized carbons (Fsp3) is 0.571. The first kappa shape index (κ1) is 17.6. The highest BCUT2D eigenvalue weighted by Gasteiger charge is 2.26.